The minimum Gasteiger partial charge on any atom is -0.435 e. The number of nitriles is 1. The van der Waals surface area contributed by atoms with Crippen molar-refractivity contribution in [1.82, 2.24) is 15.0 Å². The molecule has 3 aromatic rings. The second-order valence-corrected chi connectivity index (χ2v) is 5.24. The number of rotatable bonds is 5. The second-order valence-electron chi connectivity index (χ2n) is 5.24. The zero-order chi connectivity index (χ0) is 17.8. The van der Waals surface area contributed by atoms with Crippen LogP contribution in [0.4, 0.5) is 14.5 Å². The van der Waals surface area contributed by atoms with E-state index in [1.165, 1.54) is 18.3 Å². The number of fused-ring (bicyclic) bond motifs is 1. The molecule has 0 amide bonds. The summed E-state index contributed by atoms with van der Waals surface area (Å²) in [5, 5.41) is 9.96. The fraction of sp³-hybridized carbons (Fsp3) is 0.176. The van der Waals surface area contributed by atoms with Crippen LogP contribution in [0.3, 0.4) is 0 Å². The molecule has 0 bridgehead atoms. The number of ether oxygens (including phenoxy) is 1. The van der Waals surface area contributed by atoms with Crippen LogP contribution in [0.5, 0.6) is 5.75 Å². The SMILES string of the molecule is CN(Cc1cnccn1)c1c(C#N)cnc2ccc(OC(F)F)cc12. The first-order valence-corrected chi connectivity index (χ1v) is 7.32. The molecule has 0 aliphatic carbocycles. The zero-order valence-electron chi connectivity index (χ0n) is 13.2. The van der Waals surface area contributed by atoms with Gasteiger partial charge in [-0.25, -0.2) is 0 Å². The molecule has 1 aromatic carbocycles. The summed E-state index contributed by atoms with van der Waals surface area (Å²) in [4.78, 5) is 14.2. The molecule has 2 heterocycles. The van der Waals surface area contributed by atoms with Crippen molar-refractivity contribution < 1.29 is 13.5 Å². The average Bonchev–Trinajstić information content (AvgIpc) is 2.60. The fourth-order valence-electron chi connectivity index (χ4n) is 2.56. The minimum absolute atomic E-state index is 0.00791. The van der Waals surface area contributed by atoms with Gasteiger partial charge in [-0.3, -0.25) is 15.0 Å². The molecule has 8 heteroatoms. The first kappa shape index (κ1) is 16.5. The second kappa shape index (κ2) is 7.05. The van der Waals surface area contributed by atoms with Crippen LogP contribution in [-0.2, 0) is 6.54 Å². The Balaban J connectivity index is 2.08. The van der Waals surface area contributed by atoms with E-state index in [4.69, 9.17) is 0 Å². The molecule has 0 unspecified atom stereocenters. The summed E-state index contributed by atoms with van der Waals surface area (Å²) in [6.45, 7) is -2.54. The highest BCUT2D eigenvalue weighted by Gasteiger charge is 2.16. The molecule has 0 saturated carbocycles. The first-order valence-electron chi connectivity index (χ1n) is 7.32. The topological polar surface area (TPSA) is 74.9 Å². The molecule has 2 aromatic heterocycles. The van der Waals surface area contributed by atoms with Gasteiger partial charge in [0.25, 0.3) is 0 Å². The van der Waals surface area contributed by atoms with E-state index < -0.39 is 6.61 Å². The summed E-state index contributed by atoms with van der Waals surface area (Å²) in [6, 6.07) is 6.54. The molecule has 0 aliphatic heterocycles. The lowest BCUT2D eigenvalue weighted by molar-refractivity contribution is -0.0497. The average molecular weight is 341 g/mol. The first-order chi connectivity index (χ1) is 12.1. The molecule has 0 radical (unpaired) electrons. The van der Waals surface area contributed by atoms with Gasteiger partial charge in [0.05, 0.1) is 35.2 Å². The van der Waals surface area contributed by atoms with Gasteiger partial charge in [0.15, 0.2) is 0 Å². The third-order valence-electron chi connectivity index (χ3n) is 3.55. The smallest absolute Gasteiger partial charge is 0.387 e. The predicted octanol–water partition coefficient (Wildman–Crippen LogP) is 3.13. The van der Waals surface area contributed by atoms with Crippen molar-refractivity contribution in [3.63, 3.8) is 0 Å². The van der Waals surface area contributed by atoms with Crippen molar-refractivity contribution in [3.05, 3.63) is 54.2 Å². The van der Waals surface area contributed by atoms with Crippen molar-refractivity contribution in [2.45, 2.75) is 13.2 Å². The summed E-state index contributed by atoms with van der Waals surface area (Å²) in [6.07, 6.45) is 6.23. The van der Waals surface area contributed by atoms with Crippen molar-refractivity contribution in [2.24, 2.45) is 0 Å². The maximum Gasteiger partial charge on any atom is 0.387 e. The fourth-order valence-corrected chi connectivity index (χ4v) is 2.56. The van der Waals surface area contributed by atoms with Crippen molar-refractivity contribution >= 4 is 16.6 Å². The van der Waals surface area contributed by atoms with Crippen molar-refractivity contribution in [2.75, 3.05) is 11.9 Å². The molecule has 0 spiro atoms. The molecule has 0 atom stereocenters. The van der Waals surface area contributed by atoms with Crippen LogP contribution in [0.25, 0.3) is 10.9 Å². The Hall–Kier alpha value is -3.34. The van der Waals surface area contributed by atoms with Gasteiger partial charge in [-0.15, -0.1) is 0 Å². The summed E-state index contributed by atoms with van der Waals surface area (Å²) < 4.78 is 29.5. The lowest BCUT2D eigenvalue weighted by Gasteiger charge is -2.22. The molecule has 25 heavy (non-hydrogen) atoms. The molecule has 6 nitrogen and oxygen atoms in total. The number of pyridine rings is 1. The Labute approximate surface area is 142 Å². The van der Waals surface area contributed by atoms with E-state index in [1.54, 1.807) is 36.6 Å². The number of halogens is 2. The number of nitrogens with zero attached hydrogens (tertiary/aromatic N) is 5. The number of hydrogen-bond donors (Lipinski definition) is 0. The molecular formula is C17H13F2N5O. The Kier molecular flexibility index (Phi) is 4.66. The highest BCUT2D eigenvalue weighted by molar-refractivity contribution is 5.95. The van der Waals surface area contributed by atoms with E-state index in [-0.39, 0.29) is 5.75 Å². The lowest BCUT2D eigenvalue weighted by atomic mass is 10.1. The highest BCUT2D eigenvalue weighted by Crippen LogP contribution is 2.32. The number of aromatic nitrogens is 3. The molecule has 0 fully saturated rings. The Morgan fingerprint density at radius 1 is 1.24 bits per heavy atom. The summed E-state index contributed by atoms with van der Waals surface area (Å²) in [5.74, 6) is 0.00791. The van der Waals surface area contributed by atoms with Gasteiger partial charge >= 0.3 is 6.61 Å². The third kappa shape index (κ3) is 3.61. The summed E-state index contributed by atoms with van der Waals surface area (Å²) >= 11 is 0. The minimum atomic E-state index is -2.93. The highest BCUT2D eigenvalue weighted by atomic mass is 19.3. The molecule has 0 N–H and O–H groups in total. The van der Waals surface area contributed by atoms with Crippen LogP contribution >= 0.6 is 0 Å². The van der Waals surface area contributed by atoms with E-state index in [9.17, 15) is 14.0 Å². The quantitative estimate of drug-likeness (QED) is 0.710. The molecule has 0 aliphatic rings. The maximum absolute atomic E-state index is 12.5. The van der Waals surface area contributed by atoms with Crippen LogP contribution < -0.4 is 9.64 Å². The number of benzene rings is 1. The molecule has 3 rings (SSSR count). The lowest BCUT2D eigenvalue weighted by Crippen LogP contribution is -2.19. The van der Waals surface area contributed by atoms with Crippen molar-refractivity contribution in [3.8, 4) is 11.8 Å². The largest absolute Gasteiger partial charge is 0.435 e. The summed E-state index contributed by atoms with van der Waals surface area (Å²) in [7, 11) is 1.78. The standard InChI is InChI=1S/C17H13F2N5O/c1-24(10-12-9-21-4-5-22-12)16-11(7-20)8-23-15-3-2-13(6-14(15)16)25-17(18)19/h2-6,8-9,17H,10H2,1H3. The molecular weight excluding hydrogens is 328 g/mol. The van der Waals surface area contributed by atoms with Gasteiger partial charge in [-0.2, -0.15) is 14.0 Å². The molecule has 0 saturated heterocycles. The van der Waals surface area contributed by atoms with Crippen molar-refractivity contribution in [1.29, 1.82) is 5.26 Å². The van der Waals surface area contributed by atoms with Crippen LogP contribution in [0.2, 0.25) is 0 Å². The van der Waals surface area contributed by atoms with Gasteiger partial charge in [0.2, 0.25) is 0 Å². The van der Waals surface area contributed by atoms with E-state index in [2.05, 4.69) is 25.8 Å². The number of alkyl halides is 2. The monoisotopic (exact) mass is 341 g/mol. The van der Waals surface area contributed by atoms with Crippen LogP contribution in [0, 0.1) is 11.3 Å². The van der Waals surface area contributed by atoms with E-state index in [0.717, 1.165) is 0 Å². The number of anilines is 1. The van der Waals surface area contributed by atoms with E-state index in [0.29, 0.717) is 34.4 Å². The van der Waals surface area contributed by atoms with Gasteiger partial charge in [0, 0.05) is 31.0 Å². The predicted molar refractivity (Wildman–Crippen MR) is 87.2 cm³/mol. The van der Waals surface area contributed by atoms with Crippen LogP contribution in [0.1, 0.15) is 11.3 Å². The Bertz CT molecular complexity index is 927. The van der Waals surface area contributed by atoms with Crippen LogP contribution in [-0.4, -0.2) is 28.6 Å². The van der Waals surface area contributed by atoms with E-state index in [1.807, 2.05) is 0 Å². The Morgan fingerprint density at radius 3 is 2.76 bits per heavy atom. The van der Waals surface area contributed by atoms with E-state index >= 15 is 0 Å². The van der Waals surface area contributed by atoms with Gasteiger partial charge in [-0.05, 0) is 18.2 Å². The maximum atomic E-state index is 12.5. The van der Waals surface area contributed by atoms with Gasteiger partial charge < -0.3 is 9.64 Å². The number of hydrogen-bond acceptors (Lipinski definition) is 6. The zero-order valence-corrected chi connectivity index (χ0v) is 13.2. The molecule has 126 valence electrons. The van der Waals surface area contributed by atoms with Crippen LogP contribution in [0.15, 0.2) is 43.0 Å². The Morgan fingerprint density at radius 2 is 2.08 bits per heavy atom. The van der Waals surface area contributed by atoms with Gasteiger partial charge in [0.1, 0.15) is 11.8 Å². The van der Waals surface area contributed by atoms with Gasteiger partial charge in [-0.1, -0.05) is 0 Å². The third-order valence-corrected chi connectivity index (χ3v) is 3.55. The summed E-state index contributed by atoms with van der Waals surface area (Å²) in [5.41, 5.74) is 2.17. The normalized spacial score (nSPS) is 10.7.